The van der Waals surface area contributed by atoms with E-state index in [0.717, 1.165) is 10.5 Å². The van der Waals surface area contributed by atoms with E-state index in [0.29, 0.717) is 11.3 Å². The molecule has 0 aromatic heterocycles. The van der Waals surface area contributed by atoms with Gasteiger partial charge in [-0.1, -0.05) is 48.2 Å². The minimum atomic E-state index is -0.273. The lowest BCUT2D eigenvalue weighted by Crippen LogP contribution is -1.92. The fraction of sp³-hybridized carbons (Fsp3) is 0. The summed E-state index contributed by atoms with van der Waals surface area (Å²) in [7, 11) is 0. The molecule has 0 saturated carbocycles. The van der Waals surface area contributed by atoms with Gasteiger partial charge in [0.25, 0.3) is 0 Å². The van der Waals surface area contributed by atoms with Crippen LogP contribution in [0.25, 0.3) is 5.76 Å². The van der Waals surface area contributed by atoms with Gasteiger partial charge in [-0.05, 0) is 18.2 Å². The Kier molecular flexibility index (Phi) is 2.90. The Balaban J connectivity index is 1.89. The Labute approximate surface area is 109 Å². The van der Waals surface area contributed by atoms with Crippen LogP contribution >= 0.6 is 11.8 Å². The molecule has 3 rings (SSSR count). The molecule has 1 heterocycles. The van der Waals surface area contributed by atoms with Crippen LogP contribution in [0.3, 0.4) is 0 Å². The van der Waals surface area contributed by atoms with E-state index in [-0.39, 0.29) is 5.97 Å². The molecule has 1 aliphatic heterocycles. The zero-order chi connectivity index (χ0) is 12.4. The first-order valence-corrected chi connectivity index (χ1v) is 6.46. The lowest BCUT2D eigenvalue weighted by Gasteiger charge is -1.98. The van der Waals surface area contributed by atoms with Gasteiger partial charge in [-0.15, -0.1) is 0 Å². The average molecular weight is 254 g/mol. The van der Waals surface area contributed by atoms with E-state index in [1.807, 2.05) is 53.9 Å². The molecule has 0 fully saturated rings. The van der Waals surface area contributed by atoms with Gasteiger partial charge in [0.15, 0.2) is 0 Å². The molecule has 0 radical (unpaired) electrons. The molecule has 0 aliphatic carbocycles. The predicted molar refractivity (Wildman–Crippen MR) is 72.1 cm³/mol. The van der Waals surface area contributed by atoms with Gasteiger partial charge in [-0.2, -0.15) is 0 Å². The number of carbonyl (C=O) groups is 1. The van der Waals surface area contributed by atoms with Gasteiger partial charge in [-0.25, -0.2) is 4.79 Å². The largest absolute Gasteiger partial charge is 0.422 e. The quantitative estimate of drug-likeness (QED) is 0.599. The summed E-state index contributed by atoms with van der Waals surface area (Å²) < 4.78 is 5.25. The van der Waals surface area contributed by atoms with Gasteiger partial charge in [0.05, 0.1) is 5.56 Å². The Morgan fingerprint density at radius 1 is 0.889 bits per heavy atom. The second-order valence-electron chi connectivity index (χ2n) is 3.85. The summed E-state index contributed by atoms with van der Waals surface area (Å²) in [6.07, 6.45) is 0. The van der Waals surface area contributed by atoms with E-state index in [4.69, 9.17) is 4.74 Å². The molecule has 0 saturated heterocycles. The highest BCUT2D eigenvalue weighted by molar-refractivity contribution is 8.02. The molecular formula is C15H10O2S. The zero-order valence-electron chi connectivity index (χ0n) is 9.50. The highest BCUT2D eigenvalue weighted by atomic mass is 32.2. The number of carbonyl (C=O) groups excluding carboxylic acids is 1. The average Bonchev–Trinajstić information content (AvgIpc) is 2.75. The molecule has 0 N–H and O–H groups in total. The van der Waals surface area contributed by atoms with Crippen molar-refractivity contribution >= 4 is 23.5 Å². The molecule has 88 valence electrons. The van der Waals surface area contributed by atoms with Crippen molar-refractivity contribution in [1.29, 1.82) is 0 Å². The van der Waals surface area contributed by atoms with Crippen molar-refractivity contribution < 1.29 is 9.53 Å². The summed E-state index contributed by atoms with van der Waals surface area (Å²) in [5.41, 5.74) is 1.50. The van der Waals surface area contributed by atoms with Gasteiger partial charge in [0, 0.05) is 15.9 Å². The van der Waals surface area contributed by atoms with Crippen LogP contribution in [0.4, 0.5) is 0 Å². The van der Waals surface area contributed by atoms with Crippen LogP contribution in [-0.2, 0) is 4.74 Å². The maximum atomic E-state index is 11.6. The number of cyclic esters (lactones) is 1. The van der Waals surface area contributed by atoms with Gasteiger partial charge in [0.1, 0.15) is 5.76 Å². The molecule has 3 heteroatoms. The van der Waals surface area contributed by atoms with Crippen LogP contribution in [0.15, 0.2) is 64.9 Å². The zero-order valence-corrected chi connectivity index (χ0v) is 10.3. The molecule has 0 amide bonds. The first-order valence-electron chi connectivity index (χ1n) is 5.58. The van der Waals surface area contributed by atoms with Crippen LogP contribution < -0.4 is 0 Å². The number of ether oxygens (including phenoxy) is 1. The van der Waals surface area contributed by atoms with Crippen LogP contribution in [0.5, 0.6) is 0 Å². The molecular weight excluding hydrogens is 244 g/mol. The summed E-state index contributed by atoms with van der Waals surface area (Å²) >= 11 is 1.54. The molecule has 0 unspecified atom stereocenters. The Morgan fingerprint density at radius 2 is 1.56 bits per heavy atom. The van der Waals surface area contributed by atoms with Crippen molar-refractivity contribution in [2.24, 2.45) is 0 Å². The summed E-state index contributed by atoms with van der Waals surface area (Å²) in [5, 5.41) is 1.87. The monoisotopic (exact) mass is 254 g/mol. The molecule has 2 aromatic rings. The maximum absolute atomic E-state index is 11.6. The Bertz CT molecular complexity index is 617. The summed E-state index contributed by atoms with van der Waals surface area (Å²) in [6.45, 7) is 0. The van der Waals surface area contributed by atoms with Crippen molar-refractivity contribution in [2.45, 2.75) is 4.90 Å². The van der Waals surface area contributed by atoms with Crippen LogP contribution in [0.2, 0.25) is 0 Å². The van der Waals surface area contributed by atoms with E-state index in [1.54, 1.807) is 17.8 Å². The van der Waals surface area contributed by atoms with Crippen molar-refractivity contribution in [3.05, 3.63) is 71.1 Å². The fourth-order valence-electron chi connectivity index (χ4n) is 1.79. The number of esters is 1. The Hall–Kier alpha value is -2.00. The van der Waals surface area contributed by atoms with Crippen molar-refractivity contribution in [1.82, 2.24) is 0 Å². The van der Waals surface area contributed by atoms with Crippen molar-refractivity contribution in [3.8, 4) is 0 Å². The maximum Gasteiger partial charge on any atom is 0.344 e. The van der Waals surface area contributed by atoms with Crippen LogP contribution in [0.1, 0.15) is 15.9 Å². The number of hydrogen-bond acceptors (Lipinski definition) is 3. The minimum absolute atomic E-state index is 0.273. The van der Waals surface area contributed by atoms with Gasteiger partial charge in [-0.3, -0.25) is 0 Å². The normalized spacial score (nSPS) is 15.6. The lowest BCUT2D eigenvalue weighted by atomic mass is 10.1. The third-order valence-electron chi connectivity index (χ3n) is 2.66. The van der Waals surface area contributed by atoms with E-state index in [9.17, 15) is 4.79 Å². The van der Waals surface area contributed by atoms with Gasteiger partial charge >= 0.3 is 5.97 Å². The second-order valence-corrected chi connectivity index (χ2v) is 4.79. The third kappa shape index (κ3) is 2.05. The number of benzene rings is 2. The van der Waals surface area contributed by atoms with Gasteiger partial charge in [0.2, 0.25) is 0 Å². The number of thioether (sulfide) groups is 1. The predicted octanol–water partition coefficient (Wildman–Crippen LogP) is 3.95. The van der Waals surface area contributed by atoms with Gasteiger partial charge < -0.3 is 4.74 Å². The van der Waals surface area contributed by atoms with E-state index >= 15 is 0 Å². The number of fused-ring (bicyclic) bond motifs is 1. The molecule has 1 aliphatic rings. The van der Waals surface area contributed by atoms with E-state index in [1.165, 1.54) is 0 Å². The minimum Gasteiger partial charge on any atom is -0.422 e. The first-order chi connectivity index (χ1) is 8.84. The summed E-state index contributed by atoms with van der Waals surface area (Å²) in [6, 6.07) is 17.4. The second kappa shape index (κ2) is 4.70. The van der Waals surface area contributed by atoms with Crippen LogP contribution in [0, 0.1) is 0 Å². The van der Waals surface area contributed by atoms with E-state index < -0.39 is 0 Å². The topological polar surface area (TPSA) is 26.3 Å². The fourth-order valence-corrected chi connectivity index (χ4v) is 2.53. The highest BCUT2D eigenvalue weighted by Gasteiger charge is 2.25. The number of rotatable bonds is 2. The third-order valence-corrected chi connectivity index (χ3v) is 3.54. The summed E-state index contributed by atoms with van der Waals surface area (Å²) in [4.78, 5) is 12.7. The molecule has 0 bridgehead atoms. The standard InChI is InChI=1S/C15H10O2S/c16-15-13-9-5-4-8-12(13)14(17-15)10-18-11-6-2-1-3-7-11/h1-10H. The molecule has 2 aromatic carbocycles. The van der Waals surface area contributed by atoms with Crippen molar-refractivity contribution in [3.63, 3.8) is 0 Å². The highest BCUT2D eigenvalue weighted by Crippen LogP contribution is 2.32. The van der Waals surface area contributed by atoms with Crippen molar-refractivity contribution in [2.75, 3.05) is 0 Å². The SMILES string of the molecule is O=C1OC(=CSc2ccccc2)c2ccccc21. The molecule has 0 atom stereocenters. The van der Waals surface area contributed by atoms with Crippen LogP contribution in [-0.4, -0.2) is 5.97 Å². The summed E-state index contributed by atoms with van der Waals surface area (Å²) in [5.74, 6) is 0.356. The number of hydrogen-bond donors (Lipinski definition) is 0. The Morgan fingerprint density at radius 3 is 2.33 bits per heavy atom. The van der Waals surface area contributed by atoms with E-state index in [2.05, 4.69) is 0 Å². The first kappa shape index (κ1) is 11.1. The molecule has 0 spiro atoms. The lowest BCUT2D eigenvalue weighted by molar-refractivity contribution is 0.0716. The smallest absolute Gasteiger partial charge is 0.344 e. The molecule has 2 nitrogen and oxygen atoms in total. The molecule has 18 heavy (non-hydrogen) atoms.